The van der Waals surface area contributed by atoms with E-state index in [1.807, 2.05) is 36.4 Å². The van der Waals surface area contributed by atoms with Gasteiger partial charge in [0, 0.05) is 5.56 Å². The van der Waals surface area contributed by atoms with E-state index in [0.29, 0.717) is 0 Å². The molecule has 0 saturated heterocycles. The second-order valence-electron chi connectivity index (χ2n) is 7.07. The monoisotopic (exact) mass is 372 g/mol. The maximum atomic E-state index is 5.30. The first kappa shape index (κ1) is 17.3. The molecule has 29 heavy (non-hydrogen) atoms. The Labute approximate surface area is 170 Å². The Kier molecular flexibility index (Phi) is 4.38. The minimum Gasteiger partial charge on any atom is -0.243 e. The van der Waals surface area contributed by atoms with Gasteiger partial charge < -0.3 is 0 Å². The fourth-order valence-corrected chi connectivity index (χ4v) is 3.94. The standard InChI is InChI=1S/C27H20N2/c1-5-13-21(14-6-1)25-27(23-17-9-3-10-18-23,24-19-11-4-12-20-24)29-26(28-25)22-15-7-2-8-16-22/h1-20H. The summed E-state index contributed by atoms with van der Waals surface area (Å²) in [6, 6.07) is 41.5. The average Bonchev–Trinajstić information content (AvgIpc) is 3.23. The molecular formula is C27H20N2. The number of hydrogen-bond acceptors (Lipinski definition) is 2. The predicted molar refractivity (Wildman–Crippen MR) is 120 cm³/mol. The van der Waals surface area contributed by atoms with Gasteiger partial charge in [-0.15, -0.1) is 0 Å². The van der Waals surface area contributed by atoms with Crippen molar-refractivity contribution in [3.63, 3.8) is 0 Å². The lowest BCUT2D eigenvalue weighted by molar-refractivity contribution is 0.748. The van der Waals surface area contributed by atoms with Gasteiger partial charge in [-0.3, -0.25) is 0 Å². The Bertz CT molecular complexity index is 1120. The molecule has 0 aliphatic carbocycles. The van der Waals surface area contributed by atoms with Gasteiger partial charge in [0.2, 0.25) is 0 Å². The molecule has 0 fully saturated rings. The van der Waals surface area contributed by atoms with E-state index in [0.717, 1.165) is 33.8 Å². The summed E-state index contributed by atoms with van der Waals surface area (Å²) in [4.78, 5) is 10.4. The molecule has 0 atom stereocenters. The molecular weight excluding hydrogens is 352 g/mol. The van der Waals surface area contributed by atoms with Crippen molar-refractivity contribution in [2.45, 2.75) is 5.54 Å². The SMILES string of the molecule is c1ccc(C2=NC(c3ccccc3)(c3ccccc3)C(c3ccccc3)=N2)cc1. The van der Waals surface area contributed by atoms with E-state index in [2.05, 4.69) is 84.9 Å². The van der Waals surface area contributed by atoms with E-state index in [4.69, 9.17) is 9.98 Å². The summed E-state index contributed by atoms with van der Waals surface area (Å²) in [5, 5.41) is 0. The van der Waals surface area contributed by atoms with Gasteiger partial charge in [-0.25, -0.2) is 9.98 Å². The van der Waals surface area contributed by atoms with Crippen molar-refractivity contribution in [3.8, 4) is 0 Å². The summed E-state index contributed by atoms with van der Waals surface area (Å²) in [6.45, 7) is 0. The highest BCUT2D eigenvalue weighted by molar-refractivity contribution is 6.22. The third-order valence-corrected chi connectivity index (χ3v) is 5.30. The molecule has 0 saturated carbocycles. The molecule has 1 aliphatic rings. The van der Waals surface area contributed by atoms with Crippen molar-refractivity contribution in [2.24, 2.45) is 9.98 Å². The third kappa shape index (κ3) is 2.99. The summed E-state index contributed by atoms with van der Waals surface area (Å²) < 4.78 is 0. The maximum Gasteiger partial charge on any atom is 0.156 e. The van der Waals surface area contributed by atoms with Gasteiger partial charge >= 0.3 is 0 Å². The Morgan fingerprint density at radius 3 is 1.34 bits per heavy atom. The largest absolute Gasteiger partial charge is 0.243 e. The van der Waals surface area contributed by atoms with Crippen LogP contribution in [0.25, 0.3) is 0 Å². The lowest BCUT2D eigenvalue weighted by atomic mass is 9.77. The minimum atomic E-state index is -0.685. The number of aliphatic imine (C=N–C) groups is 2. The number of benzene rings is 4. The number of nitrogens with zero attached hydrogens (tertiary/aromatic N) is 2. The van der Waals surface area contributed by atoms with Crippen LogP contribution in [0.3, 0.4) is 0 Å². The summed E-state index contributed by atoms with van der Waals surface area (Å²) in [5.41, 5.74) is 4.59. The highest BCUT2D eigenvalue weighted by Crippen LogP contribution is 2.41. The zero-order chi connectivity index (χ0) is 19.5. The quantitative estimate of drug-likeness (QED) is 0.427. The van der Waals surface area contributed by atoms with Gasteiger partial charge in [-0.1, -0.05) is 121 Å². The van der Waals surface area contributed by atoms with Crippen molar-refractivity contribution in [1.29, 1.82) is 0 Å². The summed E-state index contributed by atoms with van der Waals surface area (Å²) in [6.07, 6.45) is 0. The van der Waals surface area contributed by atoms with E-state index in [-0.39, 0.29) is 0 Å². The molecule has 0 amide bonds. The second kappa shape index (κ2) is 7.33. The van der Waals surface area contributed by atoms with Crippen LogP contribution in [0.1, 0.15) is 22.3 Å². The van der Waals surface area contributed by atoms with Crippen LogP contribution in [-0.4, -0.2) is 11.5 Å². The fraction of sp³-hybridized carbons (Fsp3) is 0.0370. The van der Waals surface area contributed by atoms with E-state index in [1.165, 1.54) is 0 Å². The third-order valence-electron chi connectivity index (χ3n) is 5.30. The van der Waals surface area contributed by atoms with Crippen LogP contribution in [0, 0.1) is 0 Å². The lowest BCUT2D eigenvalue weighted by Crippen LogP contribution is -2.33. The molecule has 138 valence electrons. The van der Waals surface area contributed by atoms with E-state index >= 15 is 0 Å². The van der Waals surface area contributed by atoms with Crippen molar-refractivity contribution >= 4 is 11.5 Å². The molecule has 0 bridgehead atoms. The molecule has 0 aromatic heterocycles. The van der Waals surface area contributed by atoms with Crippen LogP contribution in [0.5, 0.6) is 0 Å². The van der Waals surface area contributed by atoms with Gasteiger partial charge in [0.05, 0.1) is 5.71 Å². The summed E-state index contributed by atoms with van der Waals surface area (Å²) >= 11 is 0. The highest BCUT2D eigenvalue weighted by Gasteiger charge is 2.44. The van der Waals surface area contributed by atoms with Gasteiger partial charge in [-0.05, 0) is 16.7 Å². The van der Waals surface area contributed by atoms with Crippen LogP contribution in [-0.2, 0) is 5.54 Å². The number of rotatable bonds is 4. The van der Waals surface area contributed by atoms with Crippen LogP contribution in [0.15, 0.2) is 131 Å². The molecule has 4 aromatic carbocycles. The van der Waals surface area contributed by atoms with Crippen LogP contribution >= 0.6 is 0 Å². The molecule has 5 rings (SSSR count). The topological polar surface area (TPSA) is 24.7 Å². The van der Waals surface area contributed by atoms with Crippen molar-refractivity contribution in [2.75, 3.05) is 0 Å². The summed E-state index contributed by atoms with van der Waals surface area (Å²) in [5.74, 6) is 0.761. The van der Waals surface area contributed by atoms with Crippen LogP contribution in [0.2, 0.25) is 0 Å². The van der Waals surface area contributed by atoms with E-state index in [1.54, 1.807) is 0 Å². The zero-order valence-corrected chi connectivity index (χ0v) is 15.9. The van der Waals surface area contributed by atoms with Gasteiger partial charge in [0.25, 0.3) is 0 Å². The van der Waals surface area contributed by atoms with Crippen LogP contribution in [0.4, 0.5) is 0 Å². The highest BCUT2D eigenvalue weighted by atomic mass is 15.1. The number of amidine groups is 1. The average molecular weight is 372 g/mol. The van der Waals surface area contributed by atoms with E-state index in [9.17, 15) is 0 Å². The predicted octanol–water partition coefficient (Wildman–Crippen LogP) is 5.88. The van der Waals surface area contributed by atoms with E-state index < -0.39 is 5.54 Å². The molecule has 0 spiro atoms. The summed E-state index contributed by atoms with van der Waals surface area (Å²) in [7, 11) is 0. The van der Waals surface area contributed by atoms with Gasteiger partial charge in [-0.2, -0.15) is 0 Å². The molecule has 0 unspecified atom stereocenters. The molecule has 2 heteroatoms. The smallest absolute Gasteiger partial charge is 0.156 e. The maximum absolute atomic E-state index is 5.30. The Morgan fingerprint density at radius 1 is 0.448 bits per heavy atom. The molecule has 0 radical (unpaired) electrons. The van der Waals surface area contributed by atoms with Crippen molar-refractivity contribution < 1.29 is 0 Å². The normalized spacial score (nSPS) is 14.9. The molecule has 2 nitrogen and oxygen atoms in total. The Morgan fingerprint density at radius 2 is 0.862 bits per heavy atom. The van der Waals surface area contributed by atoms with Crippen LogP contribution < -0.4 is 0 Å². The minimum absolute atomic E-state index is 0.685. The fourth-order valence-electron chi connectivity index (χ4n) is 3.94. The Hall–Kier alpha value is -3.78. The first-order valence-corrected chi connectivity index (χ1v) is 9.79. The van der Waals surface area contributed by atoms with Crippen molar-refractivity contribution in [1.82, 2.24) is 0 Å². The lowest BCUT2D eigenvalue weighted by Gasteiger charge is -2.29. The van der Waals surface area contributed by atoms with Crippen molar-refractivity contribution in [3.05, 3.63) is 144 Å². The second-order valence-corrected chi connectivity index (χ2v) is 7.07. The molecule has 1 aliphatic heterocycles. The van der Waals surface area contributed by atoms with Gasteiger partial charge in [0.1, 0.15) is 0 Å². The molecule has 1 heterocycles. The first-order chi connectivity index (χ1) is 14.4. The first-order valence-electron chi connectivity index (χ1n) is 9.79. The Balaban J connectivity index is 1.83. The molecule has 4 aromatic rings. The zero-order valence-electron chi connectivity index (χ0n) is 15.9. The number of hydrogen-bond donors (Lipinski definition) is 0. The van der Waals surface area contributed by atoms with Gasteiger partial charge in [0.15, 0.2) is 11.4 Å². The molecule has 0 N–H and O–H groups in total.